The average Bonchev–Trinajstić information content (AvgIpc) is 3.37. The molecule has 4 rings (SSSR count). The number of aliphatic hydroxyl groups excluding tert-OH is 1. The summed E-state index contributed by atoms with van der Waals surface area (Å²) in [5.41, 5.74) is 0.854. The second-order valence-electron chi connectivity index (χ2n) is 6.94. The first-order valence-electron chi connectivity index (χ1n) is 9.46. The number of aliphatic hydroxyl groups is 1. The highest BCUT2D eigenvalue weighted by Gasteiger charge is 2.45. The van der Waals surface area contributed by atoms with Gasteiger partial charge in [0.25, 0.3) is 11.7 Å². The first kappa shape index (κ1) is 19.5. The van der Waals surface area contributed by atoms with Crippen molar-refractivity contribution in [2.24, 2.45) is 0 Å². The van der Waals surface area contributed by atoms with Crippen LogP contribution in [-0.2, 0) is 16.1 Å². The minimum absolute atomic E-state index is 0.0257. The fraction of sp³-hybridized carbons (Fsp3) is 0.182. The molecule has 1 amide bonds. The Hall–Kier alpha value is -3.81. The molecule has 0 aliphatic carbocycles. The van der Waals surface area contributed by atoms with Gasteiger partial charge in [-0.3, -0.25) is 14.6 Å². The lowest BCUT2D eigenvalue weighted by Crippen LogP contribution is -2.31. The number of hydrogen-bond donors (Lipinski definition) is 1. The largest absolute Gasteiger partial charge is 0.507 e. The molecule has 0 radical (unpaired) electrons. The molecule has 1 atom stereocenters. The molecule has 1 fully saturated rings. The third kappa shape index (κ3) is 3.71. The number of aryl methyl sites for hydroxylation is 1. The van der Waals surface area contributed by atoms with Crippen molar-refractivity contribution in [2.75, 3.05) is 6.54 Å². The van der Waals surface area contributed by atoms with E-state index in [-0.39, 0.29) is 16.9 Å². The number of aromatic nitrogens is 3. The van der Waals surface area contributed by atoms with Gasteiger partial charge in [0.05, 0.1) is 17.9 Å². The molecule has 1 N–H and O–H groups in total. The van der Waals surface area contributed by atoms with Crippen molar-refractivity contribution in [1.29, 1.82) is 0 Å². The van der Waals surface area contributed by atoms with Crippen LogP contribution in [0.3, 0.4) is 0 Å². The summed E-state index contributed by atoms with van der Waals surface area (Å²) in [6.45, 7) is 0.934. The molecule has 30 heavy (non-hydrogen) atoms. The average molecular weight is 406 g/mol. The van der Waals surface area contributed by atoms with E-state index >= 15 is 0 Å². The van der Waals surface area contributed by atoms with E-state index in [1.165, 1.54) is 29.2 Å². The third-order valence-electron chi connectivity index (χ3n) is 5.03. The smallest absolute Gasteiger partial charge is 0.295 e. The standard InChI is InChI=1S/C22H19FN4O3/c23-17-6-4-15(5-7-17)20(28)18-19(16-3-1-8-24-13-16)27(22(30)21(18)29)11-2-10-26-12-9-25-14-26/h1,3-9,12-14,19,28H,2,10-11H2/t19-/m0/s1. The van der Waals surface area contributed by atoms with Crippen LogP contribution in [0.4, 0.5) is 4.39 Å². The number of Topliss-reactive ketones (excluding diaryl/α,β-unsaturated/α-hetero) is 1. The number of halogens is 1. The maximum Gasteiger partial charge on any atom is 0.295 e. The van der Waals surface area contributed by atoms with E-state index < -0.39 is 23.5 Å². The van der Waals surface area contributed by atoms with Gasteiger partial charge in [0.2, 0.25) is 0 Å². The molecule has 3 heterocycles. The topological polar surface area (TPSA) is 88.3 Å². The van der Waals surface area contributed by atoms with Crippen LogP contribution in [0.1, 0.15) is 23.6 Å². The number of benzene rings is 1. The Bertz CT molecular complexity index is 1080. The van der Waals surface area contributed by atoms with Crippen molar-refractivity contribution in [3.05, 3.63) is 90.0 Å². The van der Waals surface area contributed by atoms with Crippen LogP contribution in [0.2, 0.25) is 0 Å². The van der Waals surface area contributed by atoms with Gasteiger partial charge in [-0.1, -0.05) is 6.07 Å². The van der Waals surface area contributed by atoms with Crippen LogP contribution < -0.4 is 0 Å². The molecule has 0 bridgehead atoms. The molecule has 1 aliphatic rings. The van der Waals surface area contributed by atoms with Gasteiger partial charge in [0.1, 0.15) is 11.6 Å². The van der Waals surface area contributed by atoms with Gasteiger partial charge in [-0.25, -0.2) is 9.37 Å². The highest BCUT2D eigenvalue weighted by molar-refractivity contribution is 6.46. The van der Waals surface area contributed by atoms with Gasteiger partial charge in [-0.15, -0.1) is 0 Å². The Kier molecular flexibility index (Phi) is 5.38. The maximum atomic E-state index is 13.3. The number of hydrogen-bond acceptors (Lipinski definition) is 5. The SMILES string of the molecule is O=C1C(=O)N(CCCn2ccnc2)[C@@H](c2cccnc2)C1=C(O)c1ccc(F)cc1. The van der Waals surface area contributed by atoms with E-state index in [1.54, 1.807) is 37.1 Å². The number of carbonyl (C=O) groups is 2. The van der Waals surface area contributed by atoms with Gasteiger partial charge < -0.3 is 14.6 Å². The lowest BCUT2D eigenvalue weighted by Gasteiger charge is -2.25. The van der Waals surface area contributed by atoms with Gasteiger partial charge in [-0.05, 0) is 42.3 Å². The number of imidazole rings is 1. The van der Waals surface area contributed by atoms with Crippen LogP contribution in [0.25, 0.3) is 5.76 Å². The van der Waals surface area contributed by atoms with Gasteiger partial charge in [0, 0.05) is 43.4 Å². The summed E-state index contributed by atoms with van der Waals surface area (Å²) in [5, 5.41) is 10.8. The van der Waals surface area contributed by atoms with Crippen LogP contribution in [-0.4, -0.2) is 42.8 Å². The van der Waals surface area contributed by atoms with E-state index in [0.717, 1.165) is 0 Å². The zero-order chi connectivity index (χ0) is 21.1. The predicted octanol–water partition coefficient (Wildman–Crippen LogP) is 2.93. The second kappa shape index (κ2) is 8.28. The Morgan fingerprint density at radius 2 is 1.87 bits per heavy atom. The summed E-state index contributed by atoms with van der Waals surface area (Å²) < 4.78 is 15.2. The summed E-state index contributed by atoms with van der Waals surface area (Å²) in [5.74, 6) is -2.25. The quantitative estimate of drug-likeness (QED) is 0.386. The van der Waals surface area contributed by atoms with Crippen molar-refractivity contribution in [2.45, 2.75) is 19.0 Å². The molecule has 1 saturated heterocycles. The highest BCUT2D eigenvalue weighted by atomic mass is 19.1. The molecule has 3 aromatic rings. The van der Waals surface area contributed by atoms with Crippen LogP contribution in [0.5, 0.6) is 0 Å². The summed E-state index contributed by atoms with van der Waals surface area (Å²) in [4.78, 5) is 35.2. The van der Waals surface area contributed by atoms with E-state index in [4.69, 9.17) is 0 Å². The molecule has 1 aromatic carbocycles. The first-order valence-corrected chi connectivity index (χ1v) is 9.46. The molecular weight excluding hydrogens is 387 g/mol. The lowest BCUT2D eigenvalue weighted by molar-refractivity contribution is -0.139. The minimum Gasteiger partial charge on any atom is -0.507 e. The first-order chi connectivity index (χ1) is 14.6. The maximum absolute atomic E-state index is 13.3. The van der Waals surface area contributed by atoms with Crippen molar-refractivity contribution in [3.63, 3.8) is 0 Å². The number of carbonyl (C=O) groups excluding carboxylic acids is 2. The third-order valence-corrected chi connectivity index (χ3v) is 5.03. The van der Waals surface area contributed by atoms with Gasteiger partial charge in [0.15, 0.2) is 0 Å². The highest BCUT2D eigenvalue weighted by Crippen LogP contribution is 2.39. The predicted molar refractivity (Wildman–Crippen MR) is 106 cm³/mol. The summed E-state index contributed by atoms with van der Waals surface area (Å²) in [7, 11) is 0. The monoisotopic (exact) mass is 406 g/mol. The summed E-state index contributed by atoms with van der Waals surface area (Å²) in [6.07, 6.45) is 8.93. The van der Waals surface area contributed by atoms with E-state index in [1.807, 2.05) is 10.8 Å². The Labute approximate surface area is 172 Å². The van der Waals surface area contributed by atoms with Crippen LogP contribution in [0.15, 0.2) is 73.1 Å². The summed E-state index contributed by atoms with van der Waals surface area (Å²) in [6, 6.07) is 7.81. The molecule has 0 unspecified atom stereocenters. The number of rotatable bonds is 6. The number of nitrogens with zero attached hydrogens (tertiary/aromatic N) is 4. The molecule has 152 valence electrons. The summed E-state index contributed by atoms with van der Waals surface area (Å²) >= 11 is 0. The molecular formula is C22H19FN4O3. The fourth-order valence-corrected chi connectivity index (χ4v) is 3.60. The van der Waals surface area contributed by atoms with Crippen LogP contribution >= 0.6 is 0 Å². The van der Waals surface area contributed by atoms with E-state index in [9.17, 15) is 19.1 Å². The second-order valence-corrected chi connectivity index (χ2v) is 6.94. The number of likely N-dealkylation sites (tertiary alicyclic amines) is 1. The van der Waals surface area contributed by atoms with E-state index in [0.29, 0.717) is 25.1 Å². The Morgan fingerprint density at radius 1 is 1.07 bits per heavy atom. The van der Waals surface area contributed by atoms with Crippen LogP contribution in [0, 0.1) is 5.82 Å². The molecule has 0 saturated carbocycles. The Balaban J connectivity index is 1.71. The molecule has 7 nitrogen and oxygen atoms in total. The van der Waals surface area contributed by atoms with Gasteiger partial charge in [-0.2, -0.15) is 0 Å². The number of ketones is 1. The van der Waals surface area contributed by atoms with E-state index in [2.05, 4.69) is 9.97 Å². The lowest BCUT2D eigenvalue weighted by atomic mass is 9.96. The van der Waals surface area contributed by atoms with Gasteiger partial charge >= 0.3 is 0 Å². The fourth-order valence-electron chi connectivity index (χ4n) is 3.60. The molecule has 0 spiro atoms. The normalized spacial score (nSPS) is 18.2. The van der Waals surface area contributed by atoms with Crippen molar-refractivity contribution in [3.8, 4) is 0 Å². The zero-order valence-corrected chi connectivity index (χ0v) is 16.0. The molecule has 2 aromatic heterocycles. The minimum atomic E-state index is -0.772. The number of pyridine rings is 1. The van der Waals surface area contributed by atoms with Crippen molar-refractivity contribution >= 4 is 17.4 Å². The Morgan fingerprint density at radius 3 is 2.53 bits per heavy atom. The zero-order valence-electron chi connectivity index (χ0n) is 16.0. The number of amides is 1. The van der Waals surface area contributed by atoms with Crippen molar-refractivity contribution < 1.29 is 19.1 Å². The molecule has 1 aliphatic heterocycles. The molecule has 8 heteroatoms. The van der Waals surface area contributed by atoms with Crippen molar-refractivity contribution in [1.82, 2.24) is 19.4 Å².